The van der Waals surface area contributed by atoms with Gasteiger partial charge >= 0.3 is 0 Å². The summed E-state index contributed by atoms with van der Waals surface area (Å²) in [6, 6.07) is 11.8. The number of pyridine rings is 1. The molecule has 0 spiro atoms. The van der Waals surface area contributed by atoms with Crippen molar-refractivity contribution in [2.75, 3.05) is 0 Å². The van der Waals surface area contributed by atoms with Gasteiger partial charge in [-0.15, -0.1) is 0 Å². The molecular weight excluding hydrogens is 244 g/mol. The maximum atomic E-state index is 9.17. The fraction of sp³-hybridized carbons (Fsp3) is 0. The van der Waals surface area contributed by atoms with Crippen LogP contribution in [-0.2, 0) is 0 Å². The van der Waals surface area contributed by atoms with E-state index in [9.17, 15) is 5.26 Å². The Morgan fingerprint density at radius 2 is 2.17 bits per heavy atom. The van der Waals surface area contributed by atoms with Gasteiger partial charge in [-0.2, -0.15) is 5.26 Å². The van der Waals surface area contributed by atoms with E-state index in [0.29, 0.717) is 10.6 Å². The molecule has 3 rings (SSSR count). The second-order valence-electron chi connectivity index (χ2n) is 3.64. The minimum atomic E-state index is 0.565. The molecule has 86 valence electrons. The van der Waals surface area contributed by atoms with E-state index in [2.05, 4.69) is 21.0 Å². The fourth-order valence-corrected chi connectivity index (χ4v) is 2.44. The topological polar surface area (TPSA) is 65.4 Å². The first-order valence-electron chi connectivity index (χ1n) is 5.34. The van der Waals surface area contributed by atoms with Crippen molar-refractivity contribution in [3.8, 4) is 6.07 Å². The largest absolute Gasteiger partial charge is 0.339 e. The molecule has 0 bridgehead atoms. The third kappa shape index (κ3) is 1.94. The van der Waals surface area contributed by atoms with E-state index in [1.165, 1.54) is 11.8 Å². The number of para-hydroxylation sites is 1. The number of aromatic amines is 1. The van der Waals surface area contributed by atoms with Gasteiger partial charge in [0.15, 0.2) is 5.16 Å². The highest BCUT2D eigenvalue weighted by atomic mass is 32.2. The lowest BCUT2D eigenvalue weighted by Crippen LogP contribution is -1.89. The lowest BCUT2D eigenvalue weighted by molar-refractivity contribution is 1.04. The quantitative estimate of drug-likeness (QED) is 0.761. The van der Waals surface area contributed by atoms with E-state index < -0.39 is 0 Å². The van der Waals surface area contributed by atoms with Crippen LogP contribution < -0.4 is 0 Å². The molecule has 0 fully saturated rings. The van der Waals surface area contributed by atoms with Crippen LogP contribution in [0.1, 0.15) is 5.56 Å². The summed E-state index contributed by atoms with van der Waals surface area (Å²) in [4.78, 5) is 11.6. The number of nitrogens with zero attached hydrogens (tertiary/aromatic N) is 3. The van der Waals surface area contributed by atoms with Crippen molar-refractivity contribution in [2.24, 2.45) is 0 Å². The summed E-state index contributed by atoms with van der Waals surface area (Å²) in [5.74, 6) is 0. The van der Waals surface area contributed by atoms with Crippen LogP contribution >= 0.6 is 11.8 Å². The maximum absolute atomic E-state index is 9.17. The van der Waals surface area contributed by atoms with Gasteiger partial charge in [0, 0.05) is 17.8 Å². The third-order valence-corrected chi connectivity index (χ3v) is 3.40. The molecule has 3 aromatic rings. The Bertz CT molecular complexity index is 728. The summed E-state index contributed by atoms with van der Waals surface area (Å²) in [6.07, 6.45) is 3.42. The van der Waals surface area contributed by atoms with E-state index in [1.54, 1.807) is 12.4 Å². The number of rotatable bonds is 2. The van der Waals surface area contributed by atoms with Gasteiger partial charge in [0.05, 0.1) is 11.1 Å². The van der Waals surface area contributed by atoms with Crippen LogP contribution in [0.4, 0.5) is 0 Å². The van der Waals surface area contributed by atoms with E-state index in [-0.39, 0.29) is 0 Å². The average Bonchev–Trinajstić information content (AvgIpc) is 2.91. The van der Waals surface area contributed by atoms with Crippen LogP contribution in [0.2, 0.25) is 0 Å². The molecule has 0 amide bonds. The molecular formula is C13H8N4S. The molecule has 1 aromatic carbocycles. The van der Waals surface area contributed by atoms with E-state index >= 15 is 0 Å². The van der Waals surface area contributed by atoms with Crippen molar-refractivity contribution in [1.82, 2.24) is 15.0 Å². The van der Waals surface area contributed by atoms with Crippen molar-refractivity contribution < 1.29 is 0 Å². The van der Waals surface area contributed by atoms with Crippen LogP contribution in [0.25, 0.3) is 10.9 Å². The Morgan fingerprint density at radius 3 is 2.94 bits per heavy atom. The normalized spacial score (nSPS) is 10.4. The molecule has 1 N–H and O–H groups in total. The van der Waals surface area contributed by atoms with Gasteiger partial charge in [-0.3, -0.25) is 0 Å². The predicted molar refractivity (Wildman–Crippen MR) is 69.2 cm³/mol. The highest BCUT2D eigenvalue weighted by Crippen LogP contribution is 2.28. The summed E-state index contributed by atoms with van der Waals surface area (Å²) in [6.45, 7) is 0. The number of imidazole rings is 1. The molecule has 4 nitrogen and oxygen atoms in total. The Hall–Kier alpha value is -2.32. The van der Waals surface area contributed by atoms with Crippen molar-refractivity contribution in [1.29, 1.82) is 5.26 Å². The standard InChI is InChI=1S/C13H8N4S/c14-8-10-7-9-3-1-2-4-11(9)17-12(10)18-13-15-5-6-16-13/h1-7H,(H,15,16). The van der Waals surface area contributed by atoms with Crippen LogP contribution in [0, 0.1) is 11.3 Å². The molecule has 2 heterocycles. The lowest BCUT2D eigenvalue weighted by atomic mass is 10.2. The van der Waals surface area contributed by atoms with Crippen molar-refractivity contribution in [2.45, 2.75) is 10.2 Å². The lowest BCUT2D eigenvalue weighted by Gasteiger charge is -2.03. The van der Waals surface area contributed by atoms with Crippen molar-refractivity contribution in [3.05, 3.63) is 48.3 Å². The maximum Gasteiger partial charge on any atom is 0.171 e. The number of H-pyrrole nitrogens is 1. The van der Waals surface area contributed by atoms with Gasteiger partial charge in [0.2, 0.25) is 0 Å². The summed E-state index contributed by atoms with van der Waals surface area (Å²) < 4.78 is 0. The van der Waals surface area contributed by atoms with Crippen LogP contribution in [0.5, 0.6) is 0 Å². The van der Waals surface area contributed by atoms with Crippen molar-refractivity contribution >= 4 is 22.7 Å². The minimum Gasteiger partial charge on any atom is -0.339 e. The second-order valence-corrected chi connectivity index (χ2v) is 4.62. The van der Waals surface area contributed by atoms with Crippen LogP contribution in [0.3, 0.4) is 0 Å². The zero-order valence-electron chi connectivity index (χ0n) is 9.29. The molecule has 5 heteroatoms. The number of hydrogen-bond acceptors (Lipinski definition) is 4. The summed E-state index contributed by atoms with van der Waals surface area (Å²) in [5.41, 5.74) is 1.45. The second kappa shape index (κ2) is 4.51. The van der Waals surface area contributed by atoms with Crippen LogP contribution in [0.15, 0.2) is 52.9 Å². The van der Waals surface area contributed by atoms with Crippen LogP contribution in [-0.4, -0.2) is 15.0 Å². The molecule has 0 aliphatic carbocycles. The van der Waals surface area contributed by atoms with Gasteiger partial charge in [-0.05, 0) is 23.9 Å². The monoisotopic (exact) mass is 252 g/mol. The zero-order chi connectivity index (χ0) is 12.4. The first-order chi connectivity index (χ1) is 8.86. The molecule has 0 unspecified atom stereocenters. The third-order valence-electron chi connectivity index (χ3n) is 2.48. The Morgan fingerprint density at radius 1 is 1.28 bits per heavy atom. The van der Waals surface area contributed by atoms with E-state index in [1.807, 2.05) is 30.3 Å². The van der Waals surface area contributed by atoms with Gasteiger partial charge in [0.1, 0.15) is 11.1 Å². The summed E-state index contributed by atoms with van der Waals surface area (Å²) >= 11 is 1.36. The molecule has 18 heavy (non-hydrogen) atoms. The average molecular weight is 252 g/mol. The van der Waals surface area contributed by atoms with Gasteiger partial charge < -0.3 is 4.98 Å². The molecule has 0 aliphatic heterocycles. The highest BCUT2D eigenvalue weighted by molar-refractivity contribution is 7.99. The summed E-state index contributed by atoms with van der Waals surface area (Å²) in [7, 11) is 0. The number of fused-ring (bicyclic) bond motifs is 1. The molecule has 0 saturated heterocycles. The Labute approximate surface area is 108 Å². The minimum absolute atomic E-state index is 0.565. The molecule has 2 aromatic heterocycles. The first kappa shape index (κ1) is 10.8. The number of benzene rings is 1. The predicted octanol–water partition coefficient (Wildman–Crippen LogP) is 2.98. The van der Waals surface area contributed by atoms with Gasteiger partial charge in [-0.25, -0.2) is 9.97 Å². The molecule has 0 radical (unpaired) electrons. The number of nitrogens with one attached hydrogen (secondary N) is 1. The SMILES string of the molecule is N#Cc1cc2ccccc2nc1Sc1ncc[nH]1. The number of hydrogen-bond donors (Lipinski definition) is 1. The Balaban J connectivity index is 2.12. The van der Waals surface area contributed by atoms with E-state index in [0.717, 1.165) is 16.1 Å². The van der Waals surface area contributed by atoms with Crippen molar-refractivity contribution in [3.63, 3.8) is 0 Å². The zero-order valence-corrected chi connectivity index (χ0v) is 10.1. The molecule has 0 atom stereocenters. The summed E-state index contributed by atoms with van der Waals surface area (Å²) in [5, 5.41) is 11.5. The first-order valence-corrected chi connectivity index (χ1v) is 6.15. The molecule has 0 aliphatic rings. The van der Waals surface area contributed by atoms with E-state index in [4.69, 9.17) is 0 Å². The Kier molecular flexibility index (Phi) is 2.71. The van der Waals surface area contributed by atoms with Gasteiger partial charge in [-0.1, -0.05) is 18.2 Å². The highest BCUT2D eigenvalue weighted by Gasteiger charge is 2.09. The van der Waals surface area contributed by atoms with Gasteiger partial charge in [0.25, 0.3) is 0 Å². The number of nitriles is 1. The number of aromatic nitrogens is 3. The molecule has 0 saturated carbocycles. The smallest absolute Gasteiger partial charge is 0.171 e. The fourth-order valence-electron chi connectivity index (χ4n) is 1.65.